The van der Waals surface area contributed by atoms with Crippen molar-refractivity contribution in [3.63, 3.8) is 0 Å². The van der Waals surface area contributed by atoms with Gasteiger partial charge in [0.05, 0.1) is 0 Å². The van der Waals surface area contributed by atoms with Crippen LogP contribution in [0.3, 0.4) is 0 Å². The van der Waals surface area contributed by atoms with Crippen molar-refractivity contribution in [3.05, 3.63) is 89.8 Å². The number of hydrogen-bond donors (Lipinski definition) is 3. The molecule has 0 fully saturated rings. The third-order valence-electron chi connectivity index (χ3n) is 3.85. The van der Waals surface area contributed by atoms with Gasteiger partial charge >= 0.3 is 0 Å². The summed E-state index contributed by atoms with van der Waals surface area (Å²) in [6.07, 6.45) is 9.72. The fraction of sp³-hybridized carbons (Fsp3) is 0.136. The summed E-state index contributed by atoms with van der Waals surface area (Å²) < 4.78 is 3.30. The third-order valence-corrected chi connectivity index (χ3v) is 4.68. The van der Waals surface area contributed by atoms with Gasteiger partial charge in [-0.3, -0.25) is 0 Å². The molecule has 0 atom stereocenters. The maximum absolute atomic E-state index is 7.42. The van der Waals surface area contributed by atoms with E-state index in [0.717, 1.165) is 28.4 Å². The van der Waals surface area contributed by atoms with Gasteiger partial charge < -0.3 is 15.4 Å². The monoisotopic (exact) mass is 363 g/mol. The van der Waals surface area contributed by atoms with Crippen LogP contribution in [0.15, 0.2) is 78.0 Å². The largest absolute Gasteiger partial charge is 0.341 e. The summed E-state index contributed by atoms with van der Waals surface area (Å²) >= 11 is 1.52. The molecule has 2 aromatic carbocycles. The molecule has 0 saturated carbocycles. The Kier molecular flexibility index (Phi) is 7.77. The van der Waals surface area contributed by atoms with Gasteiger partial charge in [0.25, 0.3) is 0 Å². The average Bonchev–Trinajstić information content (AvgIpc) is 2.66. The van der Waals surface area contributed by atoms with Gasteiger partial charge in [-0.15, -0.1) is 0 Å². The Morgan fingerprint density at radius 3 is 2.62 bits per heavy atom. The smallest absolute Gasteiger partial charge is 0.115 e. The quantitative estimate of drug-likeness (QED) is 0.293. The third kappa shape index (κ3) is 5.67. The van der Waals surface area contributed by atoms with E-state index >= 15 is 0 Å². The van der Waals surface area contributed by atoms with Crippen LogP contribution >= 0.6 is 11.9 Å². The first-order valence-electron chi connectivity index (χ1n) is 8.56. The molecule has 2 rings (SSSR count). The fourth-order valence-electron chi connectivity index (χ4n) is 2.41. The van der Waals surface area contributed by atoms with Crippen LogP contribution < -0.4 is 10.0 Å². The molecule has 3 nitrogen and oxygen atoms in total. The van der Waals surface area contributed by atoms with Crippen LogP contribution in [0.5, 0.6) is 0 Å². The van der Waals surface area contributed by atoms with Crippen molar-refractivity contribution in [2.24, 2.45) is 0 Å². The summed E-state index contributed by atoms with van der Waals surface area (Å²) in [5.41, 5.74) is 4.57. The molecule has 0 saturated heterocycles. The van der Waals surface area contributed by atoms with Gasteiger partial charge in [0.2, 0.25) is 0 Å². The van der Waals surface area contributed by atoms with E-state index in [1.165, 1.54) is 29.3 Å². The lowest BCUT2D eigenvalue weighted by Crippen LogP contribution is -2.14. The highest BCUT2D eigenvalue weighted by Gasteiger charge is 2.05. The molecule has 0 aromatic heterocycles. The summed E-state index contributed by atoms with van der Waals surface area (Å²) in [6, 6.07) is 14.6. The zero-order valence-electron chi connectivity index (χ0n) is 15.3. The number of allylic oxidation sites excluding steroid dienone is 3. The normalized spacial score (nSPS) is 11.4. The lowest BCUT2D eigenvalue weighted by molar-refractivity contribution is 1.13. The van der Waals surface area contributed by atoms with E-state index in [0.29, 0.717) is 0 Å². The van der Waals surface area contributed by atoms with Gasteiger partial charge in [-0.2, -0.15) is 0 Å². The average molecular weight is 364 g/mol. The van der Waals surface area contributed by atoms with Gasteiger partial charge in [-0.25, -0.2) is 0 Å². The molecule has 0 unspecified atom stereocenters. The molecular weight excluding hydrogens is 338 g/mol. The maximum Gasteiger partial charge on any atom is 0.115 e. The molecule has 0 aliphatic carbocycles. The Morgan fingerprint density at radius 2 is 1.96 bits per heavy atom. The van der Waals surface area contributed by atoms with Crippen LogP contribution in [0.25, 0.3) is 6.08 Å². The molecule has 3 N–H and O–H groups in total. The molecule has 0 heterocycles. The van der Waals surface area contributed by atoms with Crippen molar-refractivity contribution >= 4 is 29.9 Å². The Hall–Kier alpha value is -2.72. The van der Waals surface area contributed by atoms with Crippen LogP contribution in [-0.4, -0.2) is 6.21 Å². The minimum absolute atomic E-state index is 0.753. The second-order valence-electron chi connectivity index (χ2n) is 5.70. The Balaban J connectivity index is 2.14. The van der Waals surface area contributed by atoms with Gasteiger partial charge in [0.1, 0.15) is 5.82 Å². The van der Waals surface area contributed by atoms with Crippen molar-refractivity contribution in [1.29, 1.82) is 5.41 Å². The number of anilines is 1. The van der Waals surface area contributed by atoms with E-state index in [2.05, 4.69) is 60.8 Å². The molecular formula is C22H25N3S. The van der Waals surface area contributed by atoms with Crippen LogP contribution in [-0.2, 0) is 6.42 Å². The van der Waals surface area contributed by atoms with Gasteiger partial charge in [0, 0.05) is 22.4 Å². The Labute approximate surface area is 160 Å². The molecule has 134 valence electrons. The first-order valence-corrected chi connectivity index (χ1v) is 9.38. The lowest BCUT2D eigenvalue weighted by atomic mass is 10.1. The van der Waals surface area contributed by atoms with E-state index in [-0.39, 0.29) is 0 Å². The summed E-state index contributed by atoms with van der Waals surface area (Å²) in [6.45, 7) is 7.96. The number of benzene rings is 2. The van der Waals surface area contributed by atoms with E-state index in [4.69, 9.17) is 5.41 Å². The predicted octanol–water partition coefficient (Wildman–Crippen LogP) is 5.96. The lowest BCUT2D eigenvalue weighted by Gasteiger charge is -2.16. The topological polar surface area (TPSA) is 47.9 Å². The first-order chi connectivity index (χ1) is 12.7. The molecule has 0 amide bonds. The van der Waals surface area contributed by atoms with Crippen LogP contribution in [0.1, 0.15) is 23.6 Å². The molecule has 0 aliphatic heterocycles. The molecule has 0 spiro atoms. The van der Waals surface area contributed by atoms with E-state index in [1.807, 2.05) is 24.3 Å². The van der Waals surface area contributed by atoms with E-state index in [1.54, 1.807) is 12.2 Å². The Bertz CT molecular complexity index is 805. The second kappa shape index (κ2) is 10.3. The minimum atomic E-state index is 0.753. The summed E-state index contributed by atoms with van der Waals surface area (Å²) in [5.74, 6) is 0.753. The zero-order valence-corrected chi connectivity index (χ0v) is 16.1. The van der Waals surface area contributed by atoms with Crippen molar-refractivity contribution < 1.29 is 0 Å². The van der Waals surface area contributed by atoms with Crippen LogP contribution in [0.4, 0.5) is 5.69 Å². The highest BCUT2D eigenvalue weighted by atomic mass is 32.2. The van der Waals surface area contributed by atoms with Crippen LogP contribution in [0, 0.1) is 12.3 Å². The van der Waals surface area contributed by atoms with Crippen molar-refractivity contribution in [1.82, 2.24) is 4.72 Å². The minimum Gasteiger partial charge on any atom is -0.341 e. The SMILES string of the molecule is C=C/C=C\c1c(C)cccc1N/C(=C\C=N)NSc1ccc(CC)cc1. The van der Waals surface area contributed by atoms with Crippen LogP contribution in [0.2, 0.25) is 0 Å². The second-order valence-corrected chi connectivity index (χ2v) is 6.58. The highest BCUT2D eigenvalue weighted by Crippen LogP contribution is 2.24. The maximum atomic E-state index is 7.42. The number of aryl methyl sites for hydroxylation is 2. The Morgan fingerprint density at radius 1 is 1.19 bits per heavy atom. The molecule has 4 heteroatoms. The standard InChI is InChI=1S/C22H25N3S/c1-4-6-9-20-17(3)8-7-10-21(20)24-22(15-16-23)25-26-19-13-11-18(5-2)12-14-19/h4,6-16,23-25H,1,5H2,2-3H3/b9-6-,22-15+,23-16?. The summed E-state index contributed by atoms with van der Waals surface area (Å²) in [4.78, 5) is 1.12. The molecule has 0 bridgehead atoms. The molecule has 2 aromatic rings. The van der Waals surface area contributed by atoms with Crippen molar-refractivity contribution in [3.8, 4) is 0 Å². The molecule has 0 aliphatic rings. The van der Waals surface area contributed by atoms with Crippen molar-refractivity contribution in [2.45, 2.75) is 25.2 Å². The van der Waals surface area contributed by atoms with E-state index in [9.17, 15) is 0 Å². The highest BCUT2D eigenvalue weighted by molar-refractivity contribution is 7.97. The number of nitrogens with one attached hydrogen (secondary N) is 3. The molecule has 0 radical (unpaired) electrons. The first kappa shape index (κ1) is 19.6. The summed E-state index contributed by atoms with van der Waals surface area (Å²) in [7, 11) is 0. The number of hydrogen-bond acceptors (Lipinski definition) is 4. The molecule has 26 heavy (non-hydrogen) atoms. The number of rotatable bonds is 9. The van der Waals surface area contributed by atoms with Gasteiger partial charge in [0.15, 0.2) is 0 Å². The van der Waals surface area contributed by atoms with Gasteiger partial charge in [-0.1, -0.05) is 56.0 Å². The predicted molar refractivity (Wildman–Crippen MR) is 116 cm³/mol. The van der Waals surface area contributed by atoms with Gasteiger partial charge in [-0.05, 0) is 60.7 Å². The summed E-state index contributed by atoms with van der Waals surface area (Å²) in [5, 5.41) is 10.8. The fourth-order valence-corrected chi connectivity index (χ4v) is 3.03. The van der Waals surface area contributed by atoms with Crippen molar-refractivity contribution in [2.75, 3.05) is 5.32 Å². The zero-order chi connectivity index (χ0) is 18.8. The van der Waals surface area contributed by atoms with E-state index < -0.39 is 0 Å².